The standard InChI is InChI=1S/C16H13ClN2O2S/c1-11-2-4-12(5-3-11)10-18-15(20)19(22-16(18)21)14-8-6-13(17)7-9-14/h2-9H,10H2,1H3. The number of aryl methyl sites for hydroxylation is 1. The van der Waals surface area contributed by atoms with Crippen LogP contribution in [-0.2, 0) is 6.54 Å². The minimum absolute atomic E-state index is 0.273. The molecule has 0 bridgehead atoms. The van der Waals surface area contributed by atoms with Gasteiger partial charge in [0.25, 0.3) is 0 Å². The van der Waals surface area contributed by atoms with Crippen LogP contribution < -0.4 is 10.6 Å². The zero-order valence-electron chi connectivity index (χ0n) is 11.8. The van der Waals surface area contributed by atoms with E-state index in [1.165, 1.54) is 8.52 Å². The molecule has 3 rings (SSSR count). The largest absolute Gasteiger partial charge is 0.346 e. The Morgan fingerprint density at radius 2 is 1.64 bits per heavy atom. The van der Waals surface area contributed by atoms with Crippen molar-refractivity contribution in [1.29, 1.82) is 0 Å². The number of benzene rings is 2. The maximum Gasteiger partial charge on any atom is 0.346 e. The number of hydrogen-bond donors (Lipinski definition) is 0. The highest BCUT2D eigenvalue weighted by Gasteiger charge is 2.12. The maximum absolute atomic E-state index is 12.4. The summed E-state index contributed by atoms with van der Waals surface area (Å²) in [7, 11) is 0. The monoisotopic (exact) mass is 332 g/mol. The second-order valence-corrected chi connectivity index (χ2v) is 6.32. The van der Waals surface area contributed by atoms with Gasteiger partial charge in [-0.3, -0.25) is 4.79 Å². The average Bonchev–Trinajstić information content (AvgIpc) is 2.78. The predicted molar refractivity (Wildman–Crippen MR) is 89.5 cm³/mol. The van der Waals surface area contributed by atoms with Crippen molar-refractivity contribution < 1.29 is 0 Å². The summed E-state index contributed by atoms with van der Waals surface area (Å²) in [5.74, 6) is 0. The van der Waals surface area contributed by atoms with Crippen molar-refractivity contribution in [2.75, 3.05) is 0 Å². The topological polar surface area (TPSA) is 44.0 Å². The van der Waals surface area contributed by atoms with Gasteiger partial charge >= 0.3 is 10.6 Å². The molecule has 0 radical (unpaired) electrons. The van der Waals surface area contributed by atoms with E-state index in [0.29, 0.717) is 10.7 Å². The molecule has 22 heavy (non-hydrogen) atoms. The molecular formula is C16H13ClN2O2S. The Labute approximate surface area is 136 Å². The van der Waals surface area contributed by atoms with E-state index >= 15 is 0 Å². The third kappa shape index (κ3) is 2.91. The number of halogens is 1. The summed E-state index contributed by atoms with van der Waals surface area (Å²) < 4.78 is 2.62. The van der Waals surface area contributed by atoms with E-state index in [1.54, 1.807) is 24.3 Å². The fraction of sp³-hybridized carbons (Fsp3) is 0.125. The highest BCUT2D eigenvalue weighted by Crippen LogP contribution is 2.13. The number of rotatable bonds is 3. The molecule has 0 fully saturated rings. The minimum Gasteiger partial charge on any atom is -0.255 e. The van der Waals surface area contributed by atoms with E-state index in [9.17, 15) is 9.59 Å². The van der Waals surface area contributed by atoms with E-state index in [4.69, 9.17) is 11.6 Å². The van der Waals surface area contributed by atoms with Crippen LogP contribution in [0.1, 0.15) is 11.1 Å². The molecule has 2 aromatic carbocycles. The van der Waals surface area contributed by atoms with Crippen molar-refractivity contribution in [2.24, 2.45) is 0 Å². The first-order valence-corrected chi connectivity index (χ1v) is 7.84. The average molecular weight is 333 g/mol. The summed E-state index contributed by atoms with van der Waals surface area (Å²) in [5, 5.41) is 0.586. The first-order chi connectivity index (χ1) is 10.5. The summed E-state index contributed by atoms with van der Waals surface area (Å²) in [4.78, 5) is 24.3. The minimum atomic E-state index is -0.335. The molecule has 3 aromatic rings. The van der Waals surface area contributed by atoms with Crippen molar-refractivity contribution in [2.45, 2.75) is 13.5 Å². The van der Waals surface area contributed by atoms with E-state index in [0.717, 1.165) is 22.7 Å². The summed E-state index contributed by atoms with van der Waals surface area (Å²) in [6.07, 6.45) is 0. The number of hydrogen-bond acceptors (Lipinski definition) is 3. The first kappa shape index (κ1) is 14.8. The third-order valence-corrected chi connectivity index (χ3v) is 4.49. The summed E-state index contributed by atoms with van der Waals surface area (Å²) in [6.45, 7) is 2.27. The second kappa shape index (κ2) is 5.94. The van der Waals surface area contributed by atoms with Crippen LogP contribution in [-0.4, -0.2) is 8.52 Å². The fourth-order valence-electron chi connectivity index (χ4n) is 2.10. The molecule has 0 saturated heterocycles. The van der Waals surface area contributed by atoms with Gasteiger partial charge in [0.05, 0.1) is 12.2 Å². The van der Waals surface area contributed by atoms with E-state index in [1.807, 2.05) is 31.2 Å². The van der Waals surface area contributed by atoms with Crippen LogP contribution in [0.25, 0.3) is 5.69 Å². The zero-order chi connectivity index (χ0) is 15.7. The highest BCUT2D eigenvalue weighted by molar-refractivity contribution is 7.03. The van der Waals surface area contributed by atoms with E-state index < -0.39 is 0 Å². The zero-order valence-corrected chi connectivity index (χ0v) is 13.4. The first-order valence-electron chi connectivity index (χ1n) is 6.69. The van der Waals surface area contributed by atoms with Crippen molar-refractivity contribution in [3.8, 4) is 5.69 Å². The Bertz CT molecular complexity index is 905. The number of aromatic nitrogens is 2. The van der Waals surface area contributed by atoms with Crippen molar-refractivity contribution >= 4 is 23.1 Å². The van der Waals surface area contributed by atoms with Crippen LogP contribution in [0.4, 0.5) is 0 Å². The van der Waals surface area contributed by atoms with Crippen LogP contribution in [0.3, 0.4) is 0 Å². The van der Waals surface area contributed by atoms with Crippen LogP contribution in [0, 0.1) is 6.92 Å². The Morgan fingerprint density at radius 3 is 2.27 bits per heavy atom. The van der Waals surface area contributed by atoms with Gasteiger partial charge in [0.2, 0.25) is 0 Å². The molecule has 1 aromatic heterocycles. The molecule has 0 aliphatic rings. The molecule has 0 saturated carbocycles. The Hall–Kier alpha value is -2.11. The molecular weight excluding hydrogens is 320 g/mol. The molecule has 0 amide bonds. The molecule has 0 atom stereocenters. The van der Waals surface area contributed by atoms with Gasteiger partial charge in [0.1, 0.15) is 0 Å². The Morgan fingerprint density at radius 1 is 1.00 bits per heavy atom. The Kier molecular flexibility index (Phi) is 4.00. The third-order valence-electron chi connectivity index (χ3n) is 3.32. The van der Waals surface area contributed by atoms with Gasteiger partial charge in [-0.05, 0) is 36.8 Å². The van der Waals surface area contributed by atoms with E-state index in [-0.39, 0.29) is 17.1 Å². The molecule has 0 unspecified atom stereocenters. The summed E-state index contributed by atoms with van der Waals surface area (Å²) in [6, 6.07) is 14.6. The Balaban J connectivity index is 2.00. The quantitative estimate of drug-likeness (QED) is 0.740. The van der Waals surface area contributed by atoms with Gasteiger partial charge in [0, 0.05) is 16.6 Å². The van der Waals surface area contributed by atoms with Gasteiger partial charge in [-0.25, -0.2) is 13.3 Å². The van der Waals surface area contributed by atoms with Gasteiger partial charge < -0.3 is 0 Å². The molecule has 4 nitrogen and oxygen atoms in total. The highest BCUT2D eigenvalue weighted by atomic mass is 35.5. The van der Waals surface area contributed by atoms with E-state index in [2.05, 4.69) is 0 Å². The molecule has 1 heterocycles. The van der Waals surface area contributed by atoms with Crippen LogP contribution >= 0.6 is 23.1 Å². The predicted octanol–water partition coefficient (Wildman–Crippen LogP) is 3.07. The SMILES string of the molecule is Cc1ccc(Cn2c(=O)sn(-c3ccc(Cl)cc3)c2=O)cc1. The number of nitrogens with zero attached hydrogens (tertiary/aromatic N) is 2. The lowest BCUT2D eigenvalue weighted by Gasteiger charge is -2.02. The normalized spacial score (nSPS) is 10.8. The smallest absolute Gasteiger partial charge is 0.255 e. The van der Waals surface area contributed by atoms with Crippen LogP contribution in [0.15, 0.2) is 58.1 Å². The molecule has 6 heteroatoms. The van der Waals surface area contributed by atoms with Gasteiger partial charge in [-0.1, -0.05) is 41.4 Å². The van der Waals surface area contributed by atoms with Crippen LogP contribution in [0.2, 0.25) is 5.02 Å². The van der Waals surface area contributed by atoms with Crippen LogP contribution in [0.5, 0.6) is 0 Å². The van der Waals surface area contributed by atoms with Crippen molar-refractivity contribution in [1.82, 2.24) is 8.52 Å². The van der Waals surface area contributed by atoms with Crippen molar-refractivity contribution in [3.05, 3.63) is 84.8 Å². The molecule has 0 aliphatic carbocycles. The van der Waals surface area contributed by atoms with Crippen molar-refractivity contribution in [3.63, 3.8) is 0 Å². The lowest BCUT2D eigenvalue weighted by atomic mass is 10.1. The molecule has 0 N–H and O–H groups in total. The van der Waals surface area contributed by atoms with Gasteiger partial charge in [0.15, 0.2) is 0 Å². The van der Waals surface area contributed by atoms with Gasteiger partial charge in [-0.2, -0.15) is 0 Å². The molecule has 112 valence electrons. The second-order valence-electron chi connectivity index (χ2n) is 4.98. The summed E-state index contributed by atoms with van der Waals surface area (Å²) in [5.41, 5.74) is 2.36. The lowest BCUT2D eigenvalue weighted by molar-refractivity contribution is 0.723. The van der Waals surface area contributed by atoms with Gasteiger partial charge in [-0.15, -0.1) is 0 Å². The lowest BCUT2D eigenvalue weighted by Crippen LogP contribution is -2.28. The molecule has 0 spiro atoms. The fourth-order valence-corrected chi connectivity index (χ4v) is 3.03. The summed E-state index contributed by atoms with van der Waals surface area (Å²) >= 11 is 6.74. The maximum atomic E-state index is 12.4. The molecule has 0 aliphatic heterocycles.